The molecular formula is C17H8ClFN2O2S. The fraction of sp³-hybridized carbons (Fsp3) is 0. The van der Waals surface area contributed by atoms with Crippen molar-refractivity contribution in [2.24, 2.45) is 0 Å². The number of hydrogen-bond donors (Lipinski definition) is 0. The van der Waals surface area contributed by atoms with Gasteiger partial charge in [0.1, 0.15) is 5.82 Å². The van der Waals surface area contributed by atoms with Crippen molar-refractivity contribution in [3.63, 3.8) is 0 Å². The number of hydrogen-bond acceptors (Lipinski definition) is 4. The van der Waals surface area contributed by atoms with E-state index in [2.05, 4.69) is 4.98 Å². The largest absolute Gasteiger partial charge is 0.268 e. The summed E-state index contributed by atoms with van der Waals surface area (Å²) in [6.45, 7) is 0. The lowest BCUT2D eigenvalue weighted by atomic mass is 10.1. The zero-order valence-electron chi connectivity index (χ0n) is 12.0. The molecule has 24 heavy (non-hydrogen) atoms. The molecule has 0 aliphatic carbocycles. The van der Waals surface area contributed by atoms with E-state index in [-0.39, 0.29) is 16.3 Å². The molecule has 118 valence electrons. The first kappa shape index (κ1) is 15.0. The van der Waals surface area contributed by atoms with Gasteiger partial charge in [-0.05, 0) is 30.3 Å². The second kappa shape index (κ2) is 5.51. The number of rotatable bonds is 2. The van der Waals surface area contributed by atoms with E-state index in [4.69, 9.17) is 11.6 Å². The Labute approximate surface area is 145 Å². The normalized spacial score (nSPS) is 13.5. The second-order valence-corrected chi connectivity index (χ2v) is 6.43. The van der Waals surface area contributed by atoms with Crippen LogP contribution in [0.4, 0.5) is 9.52 Å². The summed E-state index contributed by atoms with van der Waals surface area (Å²) in [6, 6.07) is 10.6. The van der Waals surface area contributed by atoms with Crippen LogP contribution in [0.15, 0.2) is 47.8 Å². The number of imide groups is 1. The van der Waals surface area contributed by atoms with Crippen molar-refractivity contribution in [2.45, 2.75) is 0 Å². The number of carbonyl (C=O) groups is 2. The predicted molar refractivity (Wildman–Crippen MR) is 90.1 cm³/mol. The molecule has 7 heteroatoms. The van der Waals surface area contributed by atoms with E-state index in [1.807, 2.05) is 0 Å². The molecule has 4 rings (SSSR count). The van der Waals surface area contributed by atoms with E-state index < -0.39 is 17.6 Å². The van der Waals surface area contributed by atoms with Crippen molar-refractivity contribution in [1.29, 1.82) is 0 Å². The smallest absolute Gasteiger partial charge is 0.268 e. The molecule has 4 nitrogen and oxygen atoms in total. The van der Waals surface area contributed by atoms with Gasteiger partial charge in [0, 0.05) is 16.0 Å². The first-order chi connectivity index (χ1) is 11.5. The standard InChI is InChI=1S/C17H8ClFN2O2S/c18-10-3-1-9(2-4-10)14-8-24-17(20-14)21-15(22)12-6-5-11(19)7-13(12)16(21)23/h1-8H. The van der Waals surface area contributed by atoms with Crippen LogP contribution in [-0.4, -0.2) is 16.8 Å². The highest BCUT2D eigenvalue weighted by Gasteiger charge is 2.38. The van der Waals surface area contributed by atoms with E-state index in [1.54, 1.807) is 29.6 Å². The maximum absolute atomic E-state index is 13.3. The zero-order chi connectivity index (χ0) is 16.8. The Morgan fingerprint density at radius 3 is 2.46 bits per heavy atom. The van der Waals surface area contributed by atoms with Gasteiger partial charge in [0.05, 0.1) is 16.8 Å². The van der Waals surface area contributed by atoms with E-state index >= 15 is 0 Å². The fourth-order valence-electron chi connectivity index (χ4n) is 2.51. The number of carbonyl (C=O) groups excluding carboxylic acids is 2. The number of benzene rings is 2. The number of anilines is 1. The van der Waals surface area contributed by atoms with E-state index in [1.165, 1.54) is 17.4 Å². The molecule has 2 heterocycles. The minimum atomic E-state index is -0.563. The van der Waals surface area contributed by atoms with Gasteiger partial charge in [-0.2, -0.15) is 0 Å². The summed E-state index contributed by atoms with van der Waals surface area (Å²) in [6.07, 6.45) is 0. The van der Waals surface area contributed by atoms with Gasteiger partial charge in [-0.15, -0.1) is 11.3 Å². The lowest BCUT2D eigenvalue weighted by molar-refractivity contribution is 0.0926. The number of nitrogens with zero attached hydrogens (tertiary/aromatic N) is 2. The lowest BCUT2D eigenvalue weighted by Gasteiger charge is -2.08. The number of fused-ring (bicyclic) bond motifs is 1. The average Bonchev–Trinajstić information content (AvgIpc) is 3.12. The van der Waals surface area contributed by atoms with Gasteiger partial charge in [-0.25, -0.2) is 14.3 Å². The summed E-state index contributed by atoms with van der Waals surface area (Å²) in [5.41, 5.74) is 1.70. The van der Waals surface area contributed by atoms with Crippen molar-refractivity contribution in [3.8, 4) is 11.3 Å². The average molecular weight is 359 g/mol. The summed E-state index contributed by atoms with van der Waals surface area (Å²) in [5, 5.41) is 2.62. The summed E-state index contributed by atoms with van der Waals surface area (Å²) < 4.78 is 13.3. The molecule has 0 saturated heterocycles. The molecule has 0 saturated carbocycles. The maximum atomic E-state index is 13.3. The molecule has 0 radical (unpaired) electrons. The Morgan fingerprint density at radius 2 is 1.71 bits per heavy atom. The fourth-order valence-corrected chi connectivity index (χ4v) is 3.46. The first-order valence-corrected chi connectivity index (χ1v) is 8.20. The van der Waals surface area contributed by atoms with Gasteiger partial charge in [-0.1, -0.05) is 23.7 Å². The monoisotopic (exact) mass is 358 g/mol. The van der Waals surface area contributed by atoms with Crippen LogP contribution in [0.3, 0.4) is 0 Å². The molecule has 3 aromatic rings. The Hall–Kier alpha value is -2.57. The van der Waals surface area contributed by atoms with Gasteiger partial charge >= 0.3 is 0 Å². The van der Waals surface area contributed by atoms with Crippen molar-refractivity contribution < 1.29 is 14.0 Å². The van der Waals surface area contributed by atoms with Crippen LogP contribution in [0.2, 0.25) is 5.02 Å². The van der Waals surface area contributed by atoms with Crippen molar-refractivity contribution in [1.82, 2.24) is 4.98 Å². The summed E-state index contributed by atoms with van der Waals surface area (Å²) >= 11 is 7.04. The third-order valence-corrected chi connectivity index (χ3v) is 4.75. The molecule has 0 atom stereocenters. The van der Waals surface area contributed by atoms with Crippen molar-refractivity contribution >= 4 is 39.9 Å². The Bertz CT molecular complexity index is 985. The Balaban J connectivity index is 1.72. The number of amides is 2. The highest BCUT2D eigenvalue weighted by atomic mass is 35.5. The van der Waals surface area contributed by atoms with Gasteiger partial charge in [-0.3, -0.25) is 9.59 Å². The van der Waals surface area contributed by atoms with Gasteiger partial charge in [0.2, 0.25) is 0 Å². The van der Waals surface area contributed by atoms with E-state index in [0.717, 1.165) is 22.6 Å². The quantitative estimate of drug-likeness (QED) is 0.638. The van der Waals surface area contributed by atoms with Gasteiger partial charge in [0.15, 0.2) is 5.13 Å². The highest BCUT2D eigenvalue weighted by molar-refractivity contribution is 7.14. The maximum Gasteiger partial charge on any atom is 0.268 e. The Kier molecular flexibility index (Phi) is 3.44. The second-order valence-electron chi connectivity index (χ2n) is 5.16. The SMILES string of the molecule is O=C1c2ccc(F)cc2C(=O)N1c1nc(-c2ccc(Cl)cc2)cs1. The van der Waals surface area contributed by atoms with E-state index in [0.29, 0.717) is 10.7 Å². The van der Waals surface area contributed by atoms with Crippen LogP contribution >= 0.6 is 22.9 Å². The van der Waals surface area contributed by atoms with Crippen molar-refractivity contribution in [3.05, 3.63) is 69.8 Å². The molecule has 0 spiro atoms. The van der Waals surface area contributed by atoms with Gasteiger partial charge in [0.25, 0.3) is 11.8 Å². The highest BCUT2D eigenvalue weighted by Crippen LogP contribution is 2.33. The minimum absolute atomic E-state index is 0.0586. The van der Waals surface area contributed by atoms with Crippen LogP contribution in [-0.2, 0) is 0 Å². The molecule has 2 amide bonds. The van der Waals surface area contributed by atoms with Crippen LogP contribution in [0.5, 0.6) is 0 Å². The molecule has 0 unspecified atom stereocenters. The summed E-state index contributed by atoms with van der Waals surface area (Å²) in [7, 11) is 0. The molecule has 2 aromatic carbocycles. The molecule has 0 N–H and O–H groups in total. The molecule has 1 aliphatic rings. The third kappa shape index (κ3) is 2.31. The van der Waals surface area contributed by atoms with Gasteiger partial charge < -0.3 is 0 Å². The van der Waals surface area contributed by atoms with Crippen LogP contribution < -0.4 is 4.90 Å². The molecule has 1 aliphatic heterocycles. The summed E-state index contributed by atoms with van der Waals surface area (Å²) in [5.74, 6) is -1.61. The zero-order valence-corrected chi connectivity index (χ0v) is 13.6. The van der Waals surface area contributed by atoms with Crippen LogP contribution in [0.25, 0.3) is 11.3 Å². The predicted octanol–water partition coefficient (Wildman–Crippen LogP) is 4.40. The van der Waals surface area contributed by atoms with Crippen LogP contribution in [0.1, 0.15) is 20.7 Å². The topological polar surface area (TPSA) is 50.3 Å². The summed E-state index contributed by atoms with van der Waals surface area (Å²) in [4.78, 5) is 30.2. The minimum Gasteiger partial charge on any atom is -0.268 e. The molecule has 0 fully saturated rings. The third-order valence-electron chi connectivity index (χ3n) is 3.67. The van der Waals surface area contributed by atoms with Crippen molar-refractivity contribution in [2.75, 3.05) is 4.90 Å². The Morgan fingerprint density at radius 1 is 1.00 bits per heavy atom. The number of thiazole rings is 1. The number of aromatic nitrogens is 1. The van der Waals surface area contributed by atoms with Crippen LogP contribution in [0, 0.1) is 5.82 Å². The molecule has 1 aromatic heterocycles. The van der Waals surface area contributed by atoms with E-state index in [9.17, 15) is 14.0 Å². The first-order valence-electron chi connectivity index (χ1n) is 6.94. The molecule has 0 bridgehead atoms. The lowest BCUT2D eigenvalue weighted by Crippen LogP contribution is -2.29. The molecular weight excluding hydrogens is 351 g/mol. The number of halogens is 2.